The van der Waals surface area contributed by atoms with E-state index >= 15 is 0 Å². The van der Waals surface area contributed by atoms with E-state index in [1.807, 2.05) is 12.1 Å². The van der Waals surface area contributed by atoms with E-state index in [0.29, 0.717) is 6.54 Å². The highest BCUT2D eigenvalue weighted by atomic mass is 32.2. The number of rotatable bonds is 2. The van der Waals surface area contributed by atoms with Crippen molar-refractivity contribution in [1.82, 2.24) is 0 Å². The Hall–Kier alpha value is -1.03. The molecule has 0 spiro atoms. The van der Waals surface area contributed by atoms with E-state index in [9.17, 15) is 8.42 Å². The summed E-state index contributed by atoms with van der Waals surface area (Å²) in [7, 11) is -3.10. The zero-order valence-corrected chi connectivity index (χ0v) is 8.84. The van der Waals surface area contributed by atoms with Gasteiger partial charge >= 0.3 is 0 Å². The zero-order chi connectivity index (χ0) is 10.2. The molecule has 0 amide bonds. The summed E-state index contributed by atoms with van der Waals surface area (Å²) in [6, 6.07) is 8.41. The van der Waals surface area contributed by atoms with Gasteiger partial charge in [0, 0.05) is 6.54 Å². The number of hydrogen-bond donors (Lipinski definition) is 0. The number of fused-ring (bicyclic) bond motifs is 1. The maximum atomic E-state index is 11.7. The predicted molar refractivity (Wildman–Crippen MR) is 55.8 cm³/mol. The lowest BCUT2D eigenvalue weighted by molar-refractivity contribution is 0.593. The Kier molecular flexibility index (Phi) is 2.23. The summed E-state index contributed by atoms with van der Waals surface area (Å²) in [5.74, 6) is 0.154. The number of benzene rings is 1. The van der Waals surface area contributed by atoms with E-state index in [2.05, 4.69) is 6.07 Å². The van der Waals surface area contributed by atoms with Crippen LogP contribution in [0.2, 0.25) is 0 Å². The maximum Gasteiger partial charge on any atom is 0.234 e. The van der Waals surface area contributed by atoms with Gasteiger partial charge in [-0.2, -0.15) is 0 Å². The smallest absolute Gasteiger partial charge is 0.234 e. The van der Waals surface area contributed by atoms with Crippen molar-refractivity contribution in [2.45, 2.75) is 13.3 Å². The van der Waals surface area contributed by atoms with Crippen molar-refractivity contribution >= 4 is 15.7 Å². The molecular weight excluding hydrogens is 198 g/mol. The minimum Gasteiger partial charge on any atom is -0.270 e. The summed E-state index contributed by atoms with van der Waals surface area (Å²) in [5.41, 5.74) is 1.90. The second-order valence-corrected chi connectivity index (χ2v) is 5.46. The first-order valence-corrected chi connectivity index (χ1v) is 6.25. The fraction of sp³-hybridized carbons (Fsp3) is 0.400. The number of nitrogens with zero attached hydrogens (tertiary/aromatic N) is 1. The predicted octanol–water partition coefficient (Wildman–Crippen LogP) is 1.20. The summed E-state index contributed by atoms with van der Waals surface area (Å²) >= 11 is 0. The Morgan fingerprint density at radius 1 is 1.57 bits per heavy atom. The first-order chi connectivity index (χ1) is 6.65. The van der Waals surface area contributed by atoms with Crippen molar-refractivity contribution in [3.63, 3.8) is 0 Å². The summed E-state index contributed by atoms with van der Waals surface area (Å²) in [5, 5.41) is 0. The molecule has 0 atom stereocenters. The van der Waals surface area contributed by atoms with Crippen LogP contribution in [0.15, 0.2) is 18.2 Å². The van der Waals surface area contributed by atoms with E-state index < -0.39 is 10.0 Å². The Labute approximate surface area is 84.4 Å². The van der Waals surface area contributed by atoms with Crippen LogP contribution in [0, 0.1) is 6.07 Å². The van der Waals surface area contributed by atoms with Gasteiger partial charge in [0.05, 0.1) is 11.4 Å². The fourth-order valence-electron chi connectivity index (χ4n) is 1.68. The molecule has 0 aliphatic carbocycles. The van der Waals surface area contributed by atoms with Gasteiger partial charge in [0.15, 0.2) is 0 Å². The van der Waals surface area contributed by atoms with Crippen LogP contribution in [-0.4, -0.2) is 20.7 Å². The third-order valence-corrected chi connectivity index (χ3v) is 4.26. The molecule has 0 unspecified atom stereocenters. The monoisotopic (exact) mass is 210 g/mol. The molecule has 1 radical (unpaired) electrons. The summed E-state index contributed by atoms with van der Waals surface area (Å²) in [6.45, 7) is 2.24. The van der Waals surface area contributed by atoms with Gasteiger partial charge in [-0.3, -0.25) is 4.31 Å². The Morgan fingerprint density at radius 2 is 2.36 bits per heavy atom. The Morgan fingerprint density at radius 3 is 3.07 bits per heavy atom. The summed E-state index contributed by atoms with van der Waals surface area (Å²) in [6.07, 6.45) is 0.809. The lowest BCUT2D eigenvalue weighted by atomic mass is 10.2. The molecule has 1 aromatic carbocycles. The van der Waals surface area contributed by atoms with Crippen LogP contribution in [0.1, 0.15) is 12.5 Å². The van der Waals surface area contributed by atoms with Crippen molar-refractivity contribution in [3.8, 4) is 0 Å². The molecule has 1 heterocycles. The van der Waals surface area contributed by atoms with Crippen LogP contribution in [0.3, 0.4) is 0 Å². The first kappa shape index (κ1) is 9.52. The molecule has 4 heteroatoms. The standard InChI is InChI=1S/C10H12NO2S/c1-2-14(12,13)11-8-7-9-5-3-4-6-10(9)11/h3,5-6H,2,7-8H2,1H3. The normalized spacial score (nSPS) is 15.6. The summed E-state index contributed by atoms with van der Waals surface area (Å²) in [4.78, 5) is 0. The molecule has 75 valence electrons. The minimum absolute atomic E-state index is 0.154. The van der Waals surface area contributed by atoms with Gasteiger partial charge in [0.1, 0.15) is 0 Å². The molecular formula is C10H12NO2S. The van der Waals surface area contributed by atoms with Crippen molar-refractivity contribution < 1.29 is 8.42 Å². The van der Waals surface area contributed by atoms with Gasteiger partial charge in [0.25, 0.3) is 0 Å². The highest BCUT2D eigenvalue weighted by Crippen LogP contribution is 2.29. The SMILES string of the molecule is CCS(=O)(=O)N1CCc2cc[c]cc21. The van der Waals surface area contributed by atoms with E-state index in [4.69, 9.17) is 0 Å². The van der Waals surface area contributed by atoms with Crippen molar-refractivity contribution in [2.24, 2.45) is 0 Å². The van der Waals surface area contributed by atoms with Gasteiger partial charge in [-0.1, -0.05) is 12.1 Å². The number of anilines is 1. The molecule has 0 fully saturated rings. The largest absolute Gasteiger partial charge is 0.270 e. The topological polar surface area (TPSA) is 37.4 Å². The van der Waals surface area contributed by atoms with Crippen LogP contribution >= 0.6 is 0 Å². The molecule has 0 bridgehead atoms. The van der Waals surface area contributed by atoms with Crippen molar-refractivity contribution in [1.29, 1.82) is 0 Å². The molecule has 1 aromatic rings. The molecule has 1 aliphatic rings. The van der Waals surface area contributed by atoms with Gasteiger partial charge in [-0.25, -0.2) is 8.42 Å². The fourth-order valence-corrected chi connectivity index (χ4v) is 2.84. The minimum atomic E-state index is -3.10. The van der Waals surface area contributed by atoms with Crippen molar-refractivity contribution in [3.05, 3.63) is 29.8 Å². The first-order valence-electron chi connectivity index (χ1n) is 4.64. The molecule has 0 N–H and O–H groups in total. The second-order valence-electron chi connectivity index (χ2n) is 3.28. The van der Waals surface area contributed by atoms with Crippen LogP contribution in [0.5, 0.6) is 0 Å². The average molecular weight is 210 g/mol. The van der Waals surface area contributed by atoms with E-state index in [1.165, 1.54) is 4.31 Å². The highest BCUT2D eigenvalue weighted by molar-refractivity contribution is 7.92. The molecule has 0 aromatic heterocycles. The third-order valence-electron chi connectivity index (χ3n) is 2.48. The lowest BCUT2D eigenvalue weighted by Crippen LogP contribution is -2.30. The zero-order valence-electron chi connectivity index (χ0n) is 8.03. The second kappa shape index (κ2) is 3.28. The quantitative estimate of drug-likeness (QED) is 0.735. The van der Waals surface area contributed by atoms with Crippen LogP contribution in [0.4, 0.5) is 5.69 Å². The molecule has 0 saturated heterocycles. The van der Waals surface area contributed by atoms with Gasteiger partial charge in [0.2, 0.25) is 10.0 Å². The van der Waals surface area contributed by atoms with E-state index in [1.54, 1.807) is 13.0 Å². The average Bonchev–Trinajstić information content (AvgIpc) is 2.61. The van der Waals surface area contributed by atoms with E-state index in [0.717, 1.165) is 17.7 Å². The molecule has 3 nitrogen and oxygen atoms in total. The maximum absolute atomic E-state index is 11.7. The third kappa shape index (κ3) is 1.39. The molecule has 2 rings (SSSR count). The lowest BCUT2D eigenvalue weighted by Gasteiger charge is -2.17. The molecule has 14 heavy (non-hydrogen) atoms. The van der Waals surface area contributed by atoms with Crippen LogP contribution < -0.4 is 4.31 Å². The molecule has 1 aliphatic heterocycles. The number of hydrogen-bond acceptors (Lipinski definition) is 2. The Bertz CT molecular complexity index is 439. The molecule has 0 saturated carbocycles. The van der Waals surface area contributed by atoms with Crippen LogP contribution in [0.25, 0.3) is 0 Å². The number of sulfonamides is 1. The van der Waals surface area contributed by atoms with E-state index in [-0.39, 0.29) is 5.75 Å². The van der Waals surface area contributed by atoms with Gasteiger partial charge in [-0.15, -0.1) is 0 Å². The van der Waals surface area contributed by atoms with Gasteiger partial charge in [-0.05, 0) is 31.0 Å². The Balaban J connectivity index is 2.45. The summed E-state index contributed by atoms with van der Waals surface area (Å²) < 4.78 is 24.8. The van der Waals surface area contributed by atoms with Crippen LogP contribution in [-0.2, 0) is 16.4 Å². The highest BCUT2D eigenvalue weighted by Gasteiger charge is 2.27. The van der Waals surface area contributed by atoms with Gasteiger partial charge < -0.3 is 0 Å². The van der Waals surface area contributed by atoms with Crippen molar-refractivity contribution in [2.75, 3.05) is 16.6 Å².